The summed E-state index contributed by atoms with van der Waals surface area (Å²) in [6.45, 7) is 12.4. The Bertz CT molecular complexity index is 566. The molecule has 118 valence electrons. The van der Waals surface area contributed by atoms with E-state index in [1.165, 1.54) is 25.7 Å². The number of aryl methyl sites for hydroxylation is 1. The molecule has 22 heavy (non-hydrogen) atoms. The fraction of sp³-hybridized carbons (Fsp3) is 0.474. The summed E-state index contributed by atoms with van der Waals surface area (Å²) >= 11 is 0. The minimum Gasteiger partial charge on any atom is -0.351 e. The van der Waals surface area contributed by atoms with Gasteiger partial charge in [0.25, 0.3) is 0 Å². The van der Waals surface area contributed by atoms with E-state index in [1.54, 1.807) is 0 Å². The molecule has 1 heterocycles. The highest BCUT2D eigenvalue weighted by atomic mass is 15.1. The van der Waals surface area contributed by atoms with E-state index in [9.17, 15) is 0 Å². The normalized spacial score (nSPS) is 15.4. The zero-order valence-electron chi connectivity index (χ0n) is 13.9. The first kappa shape index (κ1) is 16.5. The van der Waals surface area contributed by atoms with Crippen LogP contribution in [0.4, 0.5) is 5.95 Å². The van der Waals surface area contributed by atoms with Crippen molar-refractivity contribution in [1.29, 1.82) is 0 Å². The Morgan fingerprint density at radius 1 is 1.36 bits per heavy atom. The summed E-state index contributed by atoms with van der Waals surface area (Å²) in [5.74, 6) is 0.719. The zero-order chi connectivity index (χ0) is 15.9. The third kappa shape index (κ3) is 4.06. The van der Waals surface area contributed by atoms with Crippen LogP contribution in [-0.2, 0) is 6.42 Å². The molecule has 0 spiro atoms. The molecule has 1 aliphatic rings. The van der Waals surface area contributed by atoms with Crippen LogP contribution in [0, 0.1) is 0 Å². The van der Waals surface area contributed by atoms with Gasteiger partial charge in [-0.15, -0.1) is 0 Å². The highest BCUT2D eigenvalue weighted by molar-refractivity contribution is 5.79. The average molecular weight is 297 g/mol. The van der Waals surface area contributed by atoms with Gasteiger partial charge in [-0.1, -0.05) is 51.5 Å². The molecule has 1 aromatic heterocycles. The minimum atomic E-state index is 0.511. The number of hydrogen-bond donors (Lipinski definition) is 1. The number of nitrogens with one attached hydrogen (secondary N) is 1. The van der Waals surface area contributed by atoms with Crippen molar-refractivity contribution in [1.82, 2.24) is 9.97 Å². The maximum Gasteiger partial charge on any atom is 0.223 e. The standard InChI is InChI=1S/C19H27N3/c1-5-9-14(3)15(4)18-16(10-6-2)13-20-19(22-18)21-17-11-7-8-12-17/h5,9,13,17H,3-4,6-8,10-12H2,1-2H3,(H,20,21,22)/b9-5-. The molecule has 0 aliphatic heterocycles. The highest BCUT2D eigenvalue weighted by Gasteiger charge is 2.17. The second-order valence-corrected chi connectivity index (χ2v) is 5.95. The molecule has 3 nitrogen and oxygen atoms in total. The largest absolute Gasteiger partial charge is 0.351 e. The molecule has 0 aromatic carbocycles. The maximum absolute atomic E-state index is 4.74. The summed E-state index contributed by atoms with van der Waals surface area (Å²) < 4.78 is 0. The molecule has 1 saturated carbocycles. The van der Waals surface area contributed by atoms with Crippen LogP contribution in [0.15, 0.2) is 37.1 Å². The third-order valence-electron chi connectivity index (χ3n) is 4.11. The van der Waals surface area contributed by atoms with Gasteiger partial charge in [0.15, 0.2) is 0 Å². The first-order valence-corrected chi connectivity index (χ1v) is 8.29. The Hall–Kier alpha value is -1.90. The number of nitrogens with zero attached hydrogens (tertiary/aromatic N) is 2. The molecule has 1 aliphatic carbocycles. The van der Waals surface area contributed by atoms with Crippen molar-refractivity contribution >= 4 is 11.5 Å². The molecule has 0 unspecified atom stereocenters. The summed E-state index contributed by atoms with van der Waals surface area (Å²) in [6.07, 6.45) is 12.9. The van der Waals surface area contributed by atoms with Gasteiger partial charge < -0.3 is 5.32 Å². The molecule has 2 rings (SSSR count). The lowest BCUT2D eigenvalue weighted by Crippen LogP contribution is -2.17. The molecule has 1 fully saturated rings. The van der Waals surface area contributed by atoms with E-state index in [0.717, 1.165) is 41.2 Å². The van der Waals surface area contributed by atoms with Crippen molar-refractivity contribution in [3.63, 3.8) is 0 Å². The molecule has 1 N–H and O–H groups in total. The van der Waals surface area contributed by atoms with Crippen molar-refractivity contribution in [2.45, 2.75) is 58.4 Å². The van der Waals surface area contributed by atoms with Gasteiger partial charge in [-0.2, -0.15) is 0 Å². The molecule has 0 bridgehead atoms. The number of hydrogen-bond acceptors (Lipinski definition) is 3. The van der Waals surface area contributed by atoms with Crippen LogP contribution in [-0.4, -0.2) is 16.0 Å². The van der Waals surface area contributed by atoms with Crippen LogP contribution in [0.3, 0.4) is 0 Å². The van der Waals surface area contributed by atoms with Crippen molar-refractivity contribution in [3.05, 3.63) is 48.3 Å². The smallest absolute Gasteiger partial charge is 0.223 e. The molecule has 0 atom stereocenters. The van der Waals surface area contributed by atoms with Crippen LogP contribution in [0.5, 0.6) is 0 Å². The average Bonchev–Trinajstić information content (AvgIpc) is 3.01. The molecular weight excluding hydrogens is 270 g/mol. The molecule has 0 amide bonds. The van der Waals surface area contributed by atoms with Crippen LogP contribution in [0.2, 0.25) is 0 Å². The predicted octanol–water partition coefficient (Wildman–Crippen LogP) is 4.93. The lowest BCUT2D eigenvalue weighted by atomic mass is 10.00. The Morgan fingerprint density at radius 2 is 2.09 bits per heavy atom. The summed E-state index contributed by atoms with van der Waals surface area (Å²) in [5.41, 5.74) is 3.87. The summed E-state index contributed by atoms with van der Waals surface area (Å²) in [7, 11) is 0. The molecule has 0 saturated heterocycles. The topological polar surface area (TPSA) is 37.8 Å². The van der Waals surface area contributed by atoms with Gasteiger partial charge in [-0.3, -0.25) is 0 Å². The van der Waals surface area contributed by atoms with E-state index < -0.39 is 0 Å². The summed E-state index contributed by atoms with van der Waals surface area (Å²) in [6, 6.07) is 0.511. The third-order valence-corrected chi connectivity index (χ3v) is 4.11. The Labute approximate surface area is 134 Å². The number of allylic oxidation sites excluding steroid dienone is 4. The van der Waals surface area contributed by atoms with E-state index in [2.05, 4.69) is 30.4 Å². The van der Waals surface area contributed by atoms with Crippen LogP contribution >= 0.6 is 0 Å². The Morgan fingerprint density at radius 3 is 2.73 bits per heavy atom. The Balaban J connectivity index is 2.26. The molecule has 1 aromatic rings. The predicted molar refractivity (Wildman–Crippen MR) is 94.9 cm³/mol. The van der Waals surface area contributed by atoms with Crippen molar-refractivity contribution in [2.75, 3.05) is 5.32 Å². The van der Waals surface area contributed by atoms with Gasteiger partial charge in [-0.05, 0) is 37.3 Å². The van der Waals surface area contributed by atoms with Crippen molar-refractivity contribution in [2.24, 2.45) is 0 Å². The summed E-state index contributed by atoms with van der Waals surface area (Å²) in [4.78, 5) is 9.24. The fourth-order valence-electron chi connectivity index (χ4n) is 2.90. The number of anilines is 1. The van der Waals surface area contributed by atoms with Crippen LogP contribution < -0.4 is 5.32 Å². The maximum atomic E-state index is 4.74. The second-order valence-electron chi connectivity index (χ2n) is 5.95. The number of rotatable bonds is 7. The minimum absolute atomic E-state index is 0.511. The van der Waals surface area contributed by atoms with Crippen LogP contribution in [0.1, 0.15) is 57.2 Å². The molecular formula is C19H27N3. The van der Waals surface area contributed by atoms with Gasteiger partial charge in [-0.25, -0.2) is 9.97 Å². The second kappa shape index (κ2) is 7.92. The van der Waals surface area contributed by atoms with E-state index in [0.29, 0.717) is 6.04 Å². The first-order valence-electron chi connectivity index (χ1n) is 8.29. The van der Waals surface area contributed by atoms with Gasteiger partial charge in [0.2, 0.25) is 5.95 Å². The highest BCUT2D eigenvalue weighted by Crippen LogP contribution is 2.26. The quantitative estimate of drug-likeness (QED) is 0.725. The molecule has 0 radical (unpaired) electrons. The fourth-order valence-corrected chi connectivity index (χ4v) is 2.90. The van der Waals surface area contributed by atoms with E-state index in [4.69, 9.17) is 4.98 Å². The Kier molecular flexibility index (Phi) is 5.93. The monoisotopic (exact) mass is 297 g/mol. The lowest BCUT2D eigenvalue weighted by Gasteiger charge is -2.15. The summed E-state index contributed by atoms with van der Waals surface area (Å²) in [5, 5.41) is 3.47. The van der Waals surface area contributed by atoms with Gasteiger partial charge >= 0.3 is 0 Å². The van der Waals surface area contributed by atoms with Crippen molar-refractivity contribution in [3.8, 4) is 0 Å². The van der Waals surface area contributed by atoms with E-state index in [1.807, 2.05) is 25.3 Å². The van der Waals surface area contributed by atoms with E-state index in [-0.39, 0.29) is 0 Å². The van der Waals surface area contributed by atoms with Gasteiger partial charge in [0.05, 0.1) is 5.69 Å². The number of aromatic nitrogens is 2. The molecule has 3 heteroatoms. The van der Waals surface area contributed by atoms with E-state index >= 15 is 0 Å². The zero-order valence-corrected chi connectivity index (χ0v) is 13.9. The first-order chi connectivity index (χ1) is 10.7. The van der Waals surface area contributed by atoms with Gasteiger partial charge in [0, 0.05) is 17.8 Å². The lowest BCUT2D eigenvalue weighted by molar-refractivity contribution is 0.742. The van der Waals surface area contributed by atoms with Crippen molar-refractivity contribution < 1.29 is 0 Å². The SMILES string of the molecule is C=C(/C=C\C)C(=C)c1nc(NC2CCCC2)ncc1CCC. The van der Waals surface area contributed by atoms with Crippen LogP contribution in [0.25, 0.3) is 5.57 Å². The van der Waals surface area contributed by atoms with Gasteiger partial charge in [0.1, 0.15) is 0 Å².